The van der Waals surface area contributed by atoms with E-state index in [1.807, 2.05) is 0 Å². The van der Waals surface area contributed by atoms with Crippen LogP contribution >= 0.6 is 0 Å². The average Bonchev–Trinajstić information content (AvgIpc) is 3.15. The lowest BCUT2D eigenvalue weighted by Crippen LogP contribution is -2.27. The SMILES string of the molecule is COC(=O)C(CC(=O)c1ccco1)C(=O)c1ccco1. The number of furan rings is 2. The number of Topliss-reactive ketones (excluding diaryl/α,β-unsaturated/α-hetero) is 2. The van der Waals surface area contributed by atoms with Crippen LogP contribution < -0.4 is 0 Å². The first kappa shape index (κ1) is 13.8. The van der Waals surface area contributed by atoms with E-state index < -0.39 is 23.5 Å². The van der Waals surface area contributed by atoms with E-state index in [2.05, 4.69) is 4.74 Å². The molecule has 0 saturated carbocycles. The summed E-state index contributed by atoms with van der Waals surface area (Å²) >= 11 is 0. The minimum Gasteiger partial charge on any atom is -0.468 e. The topological polar surface area (TPSA) is 86.7 Å². The second-order valence-corrected chi connectivity index (χ2v) is 4.02. The molecule has 0 aromatic carbocycles. The van der Waals surface area contributed by atoms with Crippen molar-refractivity contribution in [2.75, 3.05) is 7.11 Å². The summed E-state index contributed by atoms with van der Waals surface area (Å²) in [5.74, 6) is -2.99. The first-order chi connectivity index (χ1) is 9.63. The minimum atomic E-state index is -1.25. The standard InChI is InChI=1S/C14H12O6/c1-18-14(17)9(13(16)12-5-3-7-20-12)8-10(15)11-4-2-6-19-11/h2-7,9H,8H2,1H3. The second-order valence-electron chi connectivity index (χ2n) is 4.02. The lowest BCUT2D eigenvalue weighted by molar-refractivity contribution is -0.143. The summed E-state index contributed by atoms with van der Waals surface area (Å²) < 4.78 is 14.5. The van der Waals surface area contributed by atoms with Gasteiger partial charge in [-0.15, -0.1) is 0 Å². The summed E-state index contributed by atoms with van der Waals surface area (Å²) in [7, 11) is 1.15. The molecule has 0 spiro atoms. The zero-order chi connectivity index (χ0) is 14.5. The van der Waals surface area contributed by atoms with Gasteiger partial charge >= 0.3 is 5.97 Å². The van der Waals surface area contributed by atoms with Crippen LogP contribution in [0.15, 0.2) is 45.6 Å². The monoisotopic (exact) mass is 276 g/mol. The van der Waals surface area contributed by atoms with Crippen LogP contribution in [0.1, 0.15) is 27.5 Å². The summed E-state index contributed by atoms with van der Waals surface area (Å²) in [6.07, 6.45) is 2.32. The Bertz CT molecular complexity index is 594. The predicted molar refractivity (Wildman–Crippen MR) is 66.2 cm³/mol. The van der Waals surface area contributed by atoms with Gasteiger partial charge in [-0.05, 0) is 24.3 Å². The van der Waals surface area contributed by atoms with E-state index in [9.17, 15) is 14.4 Å². The second kappa shape index (κ2) is 6.01. The third-order valence-electron chi connectivity index (χ3n) is 2.75. The molecule has 2 rings (SSSR count). The van der Waals surface area contributed by atoms with Crippen LogP contribution in [-0.4, -0.2) is 24.6 Å². The molecule has 0 fully saturated rings. The number of carbonyl (C=O) groups is 3. The number of ketones is 2. The van der Waals surface area contributed by atoms with Gasteiger partial charge in [0, 0.05) is 6.42 Å². The van der Waals surface area contributed by atoms with Gasteiger partial charge in [0.2, 0.25) is 5.78 Å². The molecule has 0 N–H and O–H groups in total. The molecule has 1 unspecified atom stereocenters. The number of methoxy groups -OCH3 is 1. The zero-order valence-electron chi connectivity index (χ0n) is 10.7. The number of ether oxygens (including phenoxy) is 1. The van der Waals surface area contributed by atoms with Crippen LogP contribution in [0, 0.1) is 5.92 Å². The van der Waals surface area contributed by atoms with Gasteiger partial charge in [-0.25, -0.2) is 0 Å². The highest BCUT2D eigenvalue weighted by molar-refractivity contribution is 6.10. The summed E-state index contributed by atoms with van der Waals surface area (Å²) in [5, 5.41) is 0. The van der Waals surface area contributed by atoms with Gasteiger partial charge in [-0.1, -0.05) is 0 Å². The van der Waals surface area contributed by atoms with Crippen LogP contribution in [0.4, 0.5) is 0 Å². The average molecular weight is 276 g/mol. The van der Waals surface area contributed by atoms with Crippen molar-refractivity contribution < 1.29 is 28.0 Å². The fourth-order valence-electron chi connectivity index (χ4n) is 1.74. The molecule has 0 radical (unpaired) electrons. The molecular weight excluding hydrogens is 264 g/mol. The van der Waals surface area contributed by atoms with Gasteiger partial charge in [0.05, 0.1) is 19.6 Å². The molecule has 6 heteroatoms. The van der Waals surface area contributed by atoms with Gasteiger partial charge in [0.1, 0.15) is 5.92 Å². The summed E-state index contributed by atoms with van der Waals surface area (Å²) in [5.41, 5.74) is 0. The Morgan fingerprint density at radius 3 is 2.20 bits per heavy atom. The van der Waals surface area contributed by atoms with E-state index >= 15 is 0 Å². The molecule has 0 aliphatic rings. The van der Waals surface area contributed by atoms with E-state index in [4.69, 9.17) is 8.83 Å². The molecule has 0 amide bonds. The largest absolute Gasteiger partial charge is 0.468 e. The van der Waals surface area contributed by atoms with E-state index in [0.717, 1.165) is 7.11 Å². The summed E-state index contributed by atoms with van der Waals surface area (Å²) in [6, 6.07) is 5.97. The molecule has 2 aromatic heterocycles. The van der Waals surface area contributed by atoms with Crippen LogP contribution in [0.5, 0.6) is 0 Å². The molecule has 104 valence electrons. The third-order valence-corrected chi connectivity index (χ3v) is 2.75. The normalized spacial score (nSPS) is 11.8. The molecule has 2 heterocycles. The maximum Gasteiger partial charge on any atom is 0.317 e. The molecule has 20 heavy (non-hydrogen) atoms. The van der Waals surface area contributed by atoms with Gasteiger partial charge < -0.3 is 13.6 Å². The van der Waals surface area contributed by atoms with Gasteiger partial charge in [-0.3, -0.25) is 14.4 Å². The number of esters is 1. The predicted octanol–water partition coefficient (Wildman–Crippen LogP) is 2.12. The van der Waals surface area contributed by atoms with Crippen LogP contribution in [0.2, 0.25) is 0 Å². The van der Waals surface area contributed by atoms with Crippen LogP contribution in [0.3, 0.4) is 0 Å². The fraction of sp³-hybridized carbons (Fsp3) is 0.214. The molecule has 0 saturated heterocycles. The first-order valence-electron chi connectivity index (χ1n) is 5.85. The van der Waals surface area contributed by atoms with E-state index in [0.29, 0.717) is 0 Å². The molecular formula is C14H12O6. The smallest absolute Gasteiger partial charge is 0.317 e. The van der Waals surface area contributed by atoms with Crippen molar-refractivity contribution in [1.82, 2.24) is 0 Å². The third kappa shape index (κ3) is 2.85. The molecule has 6 nitrogen and oxygen atoms in total. The number of carbonyl (C=O) groups excluding carboxylic acids is 3. The van der Waals surface area contributed by atoms with Crippen molar-refractivity contribution in [2.24, 2.45) is 5.92 Å². The number of rotatable bonds is 6. The first-order valence-corrected chi connectivity index (χ1v) is 5.85. The van der Waals surface area contributed by atoms with Crippen molar-refractivity contribution >= 4 is 17.5 Å². The van der Waals surface area contributed by atoms with E-state index in [-0.39, 0.29) is 17.9 Å². The quantitative estimate of drug-likeness (QED) is 0.456. The Hall–Kier alpha value is -2.63. The van der Waals surface area contributed by atoms with Crippen molar-refractivity contribution in [1.29, 1.82) is 0 Å². The van der Waals surface area contributed by atoms with Crippen LogP contribution in [0.25, 0.3) is 0 Å². The lowest BCUT2D eigenvalue weighted by atomic mass is 9.95. The summed E-state index contributed by atoms with van der Waals surface area (Å²) in [4.78, 5) is 35.7. The van der Waals surface area contributed by atoms with Crippen molar-refractivity contribution in [3.63, 3.8) is 0 Å². The van der Waals surface area contributed by atoms with Crippen LogP contribution in [-0.2, 0) is 9.53 Å². The highest BCUT2D eigenvalue weighted by Gasteiger charge is 2.33. The Kier molecular flexibility index (Phi) is 4.14. The van der Waals surface area contributed by atoms with E-state index in [1.165, 1.54) is 30.7 Å². The molecule has 0 bridgehead atoms. The highest BCUT2D eigenvalue weighted by atomic mass is 16.5. The summed E-state index contributed by atoms with van der Waals surface area (Å²) in [6.45, 7) is 0. The van der Waals surface area contributed by atoms with E-state index in [1.54, 1.807) is 6.07 Å². The van der Waals surface area contributed by atoms with Crippen molar-refractivity contribution in [2.45, 2.75) is 6.42 Å². The Morgan fingerprint density at radius 1 is 1.10 bits per heavy atom. The maximum absolute atomic E-state index is 12.1. The molecule has 2 aromatic rings. The highest BCUT2D eigenvalue weighted by Crippen LogP contribution is 2.18. The maximum atomic E-state index is 12.1. The number of hydrogen-bond acceptors (Lipinski definition) is 6. The fourth-order valence-corrected chi connectivity index (χ4v) is 1.74. The van der Waals surface area contributed by atoms with Gasteiger partial charge in [0.25, 0.3) is 0 Å². The molecule has 0 aliphatic carbocycles. The van der Waals surface area contributed by atoms with Gasteiger partial charge in [-0.2, -0.15) is 0 Å². The molecule has 1 atom stereocenters. The van der Waals surface area contributed by atoms with Crippen molar-refractivity contribution in [3.8, 4) is 0 Å². The lowest BCUT2D eigenvalue weighted by Gasteiger charge is -2.10. The minimum absolute atomic E-state index is 0.00708. The Balaban J connectivity index is 2.18. The number of hydrogen-bond donors (Lipinski definition) is 0. The van der Waals surface area contributed by atoms with Gasteiger partial charge in [0.15, 0.2) is 17.3 Å². The Morgan fingerprint density at radius 2 is 1.70 bits per heavy atom. The zero-order valence-corrected chi connectivity index (χ0v) is 10.7. The van der Waals surface area contributed by atoms with Crippen molar-refractivity contribution in [3.05, 3.63) is 48.3 Å². The Labute approximate surface area is 114 Å². The molecule has 0 aliphatic heterocycles.